The average Bonchev–Trinajstić information content (AvgIpc) is 3.04. The number of amides is 1. The van der Waals surface area contributed by atoms with Crippen molar-refractivity contribution in [1.29, 1.82) is 0 Å². The van der Waals surface area contributed by atoms with Gasteiger partial charge in [0.15, 0.2) is 5.82 Å². The highest BCUT2D eigenvalue weighted by Gasteiger charge is 2.21. The van der Waals surface area contributed by atoms with Gasteiger partial charge in [0.05, 0.1) is 6.04 Å². The standard InChI is InChI=1S/C21H31N3O2/c1-15(2)14-17(16-10-7-6-8-11-16)22-18(25)12-9-13-19-23-20(24-26-19)21(3,4)5/h6-8,10-11,15,17H,9,12-14H2,1-5H3,(H,22,25). The molecule has 2 rings (SSSR count). The minimum Gasteiger partial charge on any atom is -0.349 e. The fraction of sp³-hybridized carbons (Fsp3) is 0.571. The summed E-state index contributed by atoms with van der Waals surface area (Å²) in [6.07, 6.45) is 2.69. The molecular weight excluding hydrogens is 326 g/mol. The van der Waals surface area contributed by atoms with Gasteiger partial charge < -0.3 is 9.84 Å². The van der Waals surface area contributed by atoms with Crippen LogP contribution in [0.2, 0.25) is 0 Å². The van der Waals surface area contributed by atoms with Crippen LogP contribution in [-0.4, -0.2) is 16.0 Å². The van der Waals surface area contributed by atoms with E-state index < -0.39 is 0 Å². The van der Waals surface area contributed by atoms with Crippen LogP contribution >= 0.6 is 0 Å². The predicted molar refractivity (Wildman–Crippen MR) is 103 cm³/mol. The Morgan fingerprint density at radius 2 is 1.88 bits per heavy atom. The molecule has 2 aromatic rings. The van der Waals surface area contributed by atoms with Crippen LogP contribution in [0.4, 0.5) is 0 Å². The van der Waals surface area contributed by atoms with Crippen molar-refractivity contribution >= 4 is 5.91 Å². The molecule has 1 heterocycles. The number of aryl methyl sites for hydroxylation is 1. The molecule has 0 saturated carbocycles. The molecule has 0 saturated heterocycles. The number of carbonyl (C=O) groups excluding carboxylic acids is 1. The third-order valence-electron chi connectivity index (χ3n) is 4.18. The van der Waals surface area contributed by atoms with Crippen molar-refractivity contribution in [1.82, 2.24) is 15.5 Å². The second-order valence-electron chi connectivity index (χ2n) is 8.28. The molecule has 1 atom stereocenters. The molecular formula is C21H31N3O2. The van der Waals surface area contributed by atoms with Gasteiger partial charge in [-0.25, -0.2) is 0 Å². The Bertz CT molecular complexity index is 687. The van der Waals surface area contributed by atoms with E-state index in [0.717, 1.165) is 12.0 Å². The summed E-state index contributed by atoms with van der Waals surface area (Å²) in [6.45, 7) is 10.5. The first-order valence-corrected chi connectivity index (χ1v) is 9.43. The lowest BCUT2D eigenvalue weighted by Gasteiger charge is -2.21. The number of nitrogens with one attached hydrogen (secondary N) is 1. The van der Waals surface area contributed by atoms with Gasteiger partial charge in [0.2, 0.25) is 11.8 Å². The first kappa shape index (κ1) is 20.1. The van der Waals surface area contributed by atoms with E-state index in [9.17, 15) is 4.79 Å². The van der Waals surface area contributed by atoms with E-state index in [0.29, 0.717) is 36.9 Å². The highest BCUT2D eigenvalue weighted by atomic mass is 16.5. The zero-order valence-corrected chi connectivity index (χ0v) is 16.6. The summed E-state index contributed by atoms with van der Waals surface area (Å²) < 4.78 is 5.28. The molecule has 142 valence electrons. The van der Waals surface area contributed by atoms with Crippen LogP contribution in [0, 0.1) is 5.92 Å². The second-order valence-corrected chi connectivity index (χ2v) is 8.28. The van der Waals surface area contributed by atoms with E-state index in [-0.39, 0.29) is 17.4 Å². The lowest BCUT2D eigenvalue weighted by atomic mass is 9.96. The number of nitrogens with zero attached hydrogens (tertiary/aromatic N) is 2. The second kappa shape index (κ2) is 8.97. The van der Waals surface area contributed by atoms with Crippen LogP contribution in [0.5, 0.6) is 0 Å². The van der Waals surface area contributed by atoms with E-state index in [1.165, 1.54) is 0 Å². The summed E-state index contributed by atoms with van der Waals surface area (Å²) >= 11 is 0. The minimum absolute atomic E-state index is 0.0552. The first-order chi connectivity index (χ1) is 12.3. The van der Waals surface area contributed by atoms with E-state index >= 15 is 0 Å². The van der Waals surface area contributed by atoms with E-state index in [1.54, 1.807) is 0 Å². The average molecular weight is 357 g/mol. The van der Waals surface area contributed by atoms with Crippen molar-refractivity contribution in [3.05, 3.63) is 47.6 Å². The maximum absolute atomic E-state index is 12.4. The van der Waals surface area contributed by atoms with Crippen LogP contribution in [0.25, 0.3) is 0 Å². The summed E-state index contributed by atoms with van der Waals surface area (Å²) in [5, 5.41) is 7.19. The molecule has 26 heavy (non-hydrogen) atoms. The molecule has 5 heteroatoms. The molecule has 1 aromatic carbocycles. The lowest BCUT2D eigenvalue weighted by Crippen LogP contribution is -2.29. The normalized spacial score (nSPS) is 13.0. The van der Waals surface area contributed by atoms with E-state index in [1.807, 2.05) is 39.0 Å². The Kier molecular flexibility index (Phi) is 6.95. The fourth-order valence-electron chi connectivity index (χ4n) is 2.76. The molecule has 1 N–H and O–H groups in total. The van der Waals surface area contributed by atoms with E-state index in [2.05, 4.69) is 41.4 Å². The quantitative estimate of drug-likeness (QED) is 0.750. The predicted octanol–water partition coefficient (Wildman–Crippen LogP) is 4.59. The minimum atomic E-state index is -0.126. The Balaban J connectivity index is 1.85. The monoisotopic (exact) mass is 357 g/mol. The number of benzene rings is 1. The van der Waals surface area contributed by atoms with Gasteiger partial charge >= 0.3 is 0 Å². The Labute approximate surface area is 156 Å². The molecule has 0 aliphatic rings. The number of aromatic nitrogens is 2. The number of hydrogen-bond donors (Lipinski definition) is 1. The molecule has 1 aromatic heterocycles. The Morgan fingerprint density at radius 3 is 2.46 bits per heavy atom. The Morgan fingerprint density at radius 1 is 1.19 bits per heavy atom. The summed E-state index contributed by atoms with van der Waals surface area (Å²) in [4.78, 5) is 16.8. The summed E-state index contributed by atoms with van der Waals surface area (Å²) in [5.74, 6) is 1.88. The topological polar surface area (TPSA) is 68.0 Å². The van der Waals surface area contributed by atoms with Crippen molar-refractivity contribution in [2.75, 3.05) is 0 Å². The molecule has 1 amide bonds. The maximum Gasteiger partial charge on any atom is 0.226 e. The first-order valence-electron chi connectivity index (χ1n) is 9.43. The van der Waals surface area contributed by atoms with Crippen molar-refractivity contribution in [2.24, 2.45) is 5.92 Å². The van der Waals surface area contributed by atoms with Crippen LogP contribution in [0.15, 0.2) is 34.9 Å². The summed E-state index contributed by atoms with van der Waals surface area (Å²) in [7, 11) is 0. The molecule has 0 bridgehead atoms. The third-order valence-corrected chi connectivity index (χ3v) is 4.18. The van der Waals surface area contributed by atoms with Crippen molar-refractivity contribution < 1.29 is 9.32 Å². The van der Waals surface area contributed by atoms with Gasteiger partial charge in [-0.2, -0.15) is 4.98 Å². The van der Waals surface area contributed by atoms with Gasteiger partial charge in [-0.3, -0.25) is 4.79 Å². The van der Waals surface area contributed by atoms with Gasteiger partial charge in [-0.15, -0.1) is 0 Å². The van der Waals surface area contributed by atoms with E-state index in [4.69, 9.17) is 4.52 Å². The molecule has 0 fully saturated rings. The smallest absolute Gasteiger partial charge is 0.226 e. The molecule has 1 unspecified atom stereocenters. The zero-order valence-electron chi connectivity index (χ0n) is 16.6. The van der Waals surface area contributed by atoms with Crippen molar-refractivity contribution in [3.63, 3.8) is 0 Å². The van der Waals surface area contributed by atoms with Crippen LogP contribution < -0.4 is 5.32 Å². The number of hydrogen-bond acceptors (Lipinski definition) is 4. The largest absolute Gasteiger partial charge is 0.349 e. The van der Waals surface area contributed by atoms with Gasteiger partial charge in [0, 0.05) is 18.3 Å². The zero-order chi connectivity index (χ0) is 19.2. The fourth-order valence-corrected chi connectivity index (χ4v) is 2.76. The lowest BCUT2D eigenvalue weighted by molar-refractivity contribution is -0.122. The highest BCUT2D eigenvalue weighted by molar-refractivity contribution is 5.76. The third kappa shape index (κ3) is 6.28. The molecule has 0 aliphatic carbocycles. The molecule has 0 spiro atoms. The van der Waals surface area contributed by atoms with Crippen molar-refractivity contribution in [2.45, 2.75) is 71.8 Å². The van der Waals surface area contributed by atoms with Crippen molar-refractivity contribution in [3.8, 4) is 0 Å². The number of rotatable bonds is 8. The molecule has 5 nitrogen and oxygen atoms in total. The highest BCUT2D eigenvalue weighted by Crippen LogP contribution is 2.22. The molecule has 0 radical (unpaired) electrons. The maximum atomic E-state index is 12.4. The van der Waals surface area contributed by atoms with Gasteiger partial charge in [0.1, 0.15) is 0 Å². The summed E-state index contributed by atoms with van der Waals surface area (Å²) in [5.41, 5.74) is 1.03. The molecule has 0 aliphatic heterocycles. The Hall–Kier alpha value is -2.17. The van der Waals surface area contributed by atoms with Gasteiger partial charge in [-0.1, -0.05) is 70.1 Å². The van der Waals surface area contributed by atoms with Crippen LogP contribution in [0.3, 0.4) is 0 Å². The van der Waals surface area contributed by atoms with Crippen LogP contribution in [0.1, 0.15) is 77.2 Å². The van der Waals surface area contributed by atoms with Gasteiger partial charge in [0.25, 0.3) is 0 Å². The summed E-state index contributed by atoms with van der Waals surface area (Å²) in [6, 6.07) is 10.2. The number of carbonyl (C=O) groups is 1. The van der Waals surface area contributed by atoms with Crippen LogP contribution in [-0.2, 0) is 16.6 Å². The van der Waals surface area contributed by atoms with Gasteiger partial charge in [-0.05, 0) is 24.3 Å². The SMILES string of the molecule is CC(C)CC(NC(=O)CCCc1nc(C(C)(C)C)no1)c1ccccc1.